The predicted molar refractivity (Wildman–Crippen MR) is 231 cm³/mol. The standard InChI is InChI=1S/C51H35N5.Pt/c1-32(2)34-27-28-52-48(31-34)56-45-26-24-35(33-13-5-3-6-14-33)29-43(45)40-25-23-36(30-47(40)56)38-18-12-22-46-50(38)54-51(55(46)37-15-7-4-8-16-37)42-20-11-19-41-39-17-9-10-21-44(39)53-49(41)42;/h3-29,31-32H,1-2H3;/q-2;+2. The molecule has 0 unspecified atom stereocenters. The van der Waals surface area contributed by atoms with E-state index in [1.807, 2.05) is 12.3 Å². The van der Waals surface area contributed by atoms with E-state index in [1.54, 1.807) is 0 Å². The Hall–Kier alpha value is -6.55. The van der Waals surface area contributed by atoms with E-state index in [4.69, 9.17) is 15.0 Å². The summed E-state index contributed by atoms with van der Waals surface area (Å²) in [5, 5.41) is 4.57. The number of hydrogen-bond donors (Lipinski definition) is 0. The molecule has 0 spiro atoms. The monoisotopic (exact) mass is 912 g/mol. The fraction of sp³-hybridized carbons (Fsp3) is 0.0588. The molecule has 11 rings (SSSR count). The fourth-order valence-corrected chi connectivity index (χ4v) is 8.38. The third kappa shape index (κ3) is 5.64. The number of pyridine rings is 1. The topological polar surface area (TPSA) is 49.7 Å². The third-order valence-corrected chi connectivity index (χ3v) is 11.1. The summed E-state index contributed by atoms with van der Waals surface area (Å²) in [6.45, 7) is 4.45. The maximum absolute atomic E-state index is 5.52. The maximum Gasteiger partial charge on any atom is 2.00 e. The second kappa shape index (κ2) is 13.9. The molecule has 0 aliphatic carbocycles. The van der Waals surface area contributed by atoms with E-state index in [2.05, 4.69) is 187 Å². The number of imidazole rings is 1. The zero-order valence-corrected chi connectivity index (χ0v) is 33.6. The van der Waals surface area contributed by atoms with Crippen LogP contribution in [-0.2, 0) is 21.1 Å². The van der Waals surface area contributed by atoms with Gasteiger partial charge in [-0.3, -0.25) is 4.57 Å². The van der Waals surface area contributed by atoms with Crippen molar-refractivity contribution in [3.63, 3.8) is 0 Å². The van der Waals surface area contributed by atoms with E-state index in [-0.39, 0.29) is 21.1 Å². The van der Waals surface area contributed by atoms with Crippen LogP contribution in [0.15, 0.2) is 170 Å². The third-order valence-electron chi connectivity index (χ3n) is 11.1. The van der Waals surface area contributed by atoms with Crippen LogP contribution in [0.5, 0.6) is 0 Å². The van der Waals surface area contributed by atoms with Crippen molar-refractivity contribution in [3.05, 3.63) is 182 Å². The Labute approximate surface area is 344 Å². The van der Waals surface area contributed by atoms with E-state index in [0.29, 0.717) is 5.92 Å². The van der Waals surface area contributed by atoms with Crippen molar-refractivity contribution in [3.8, 4) is 45.1 Å². The molecule has 0 saturated heterocycles. The molecule has 0 aliphatic rings. The largest absolute Gasteiger partial charge is 2.00 e. The van der Waals surface area contributed by atoms with Crippen molar-refractivity contribution in [2.45, 2.75) is 19.8 Å². The van der Waals surface area contributed by atoms with Gasteiger partial charge in [-0.25, -0.2) is 9.97 Å². The Balaban J connectivity index is 0.00000396. The minimum absolute atomic E-state index is 0. The van der Waals surface area contributed by atoms with Crippen molar-refractivity contribution >= 4 is 54.6 Å². The summed E-state index contributed by atoms with van der Waals surface area (Å²) >= 11 is 0. The van der Waals surface area contributed by atoms with Crippen molar-refractivity contribution < 1.29 is 21.1 Å². The first-order chi connectivity index (χ1) is 27.6. The van der Waals surface area contributed by atoms with Crippen molar-refractivity contribution in [1.29, 1.82) is 0 Å². The Morgan fingerprint density at radius 3 is 2.18 bits per heavy atom. The van der Waals surface area contributed by atoms with Crippen LogP contribution in [0, 0.1) is 6.07 Å². The van der Waals surface area contributed by atoms with Gasteiger partial charge in [0.2, 0.25) is 0 Å². The molecule has 11 aromatic rings. The van der Waals surface area contributed by atoms with Gasteiger partial charge >= 0.3 is 21.1 Å². The van der Waals surface area contributed by atoms with Crippen LogP contribution in [0.3, 0.4) is 0 Å². The summed E-state index contributed by atoms with van der Waals surface area (Å²) in [6.07, 6.45) is 1.92. The van der Waals surface area contributed by atoms with Crippen molar-refractivity contribution in [1.82, 2.24) is 24.1 Å². The van der Waals surface area contributed by atoms with Gasteiger partial charge < -0.3 is 9.55 Å². The minimum atomic E-state index is 0. The van der Waals surface area contributed by atoms with Crippen LogP contribution in [0.4, 0.5) is 0 Å². The van der Waals surface area contributed by atoms with Gasteiger partial charge in [-0.15, -0.1) is 34.8 Å². The normalized spacial score (nSPS) is 11.7. The molecule has 0 N–H and O–H groups in total. The minimum Gasteiger partial charge on any atom is -0.656 e. The predicted octanol–water partition coefficient (Wildman–Crippen LogP) is 12.7. The van der Waals surface area contributed by atoms with Crippen LogP contribution in [-0.4, -0.2) is 19.1 Å². The van der Waals surface area contributed by atoms with Crippen LogP contribution >= 0.6 is 0 Å². The van der Waals surface area contributed by atoms with Gasteiger partial charge in [0.05, 0.1) is 11.0 Å². The first-order valence-electron chi connectivity index (χ1n) is 19.1. The van der Waals surface area contributed by atoms with Crippen LogP contribution in [0.25, 0.3) is 99.8 Å². The number of benzene rings is 7. The first kappa shape index (κ1) is 34.9. The Morgan fingerprint density at radius 2 is 1.33 bits per heavy atom. The van der Waals surface area contributed by atoms with Gasteiger partial charge in [-0.2, -0.15) is 0 Å². The van der Waals surface area contributed by atoms with E-state index in [0.717, 1.165) is 88.7 Å². The summed E-state index contributed by atoms with van der Waals surface area (Å²) in [5.74, 6) is 2.10. The van der Waals surface area contributed by atoms with E-state index < -0.39 is 0 Å². The Bertz CT molecular complexity index is 3280. The summed E-state index contributed by atoms with van der Waals surface area (Å²) < 4.78 is 4.55. The van der Waals surface area contributed by atoms with E-state index in [1.165, 1.54) is 16.7 Å². The molecule has 4 aromatic heterocycles. The molecule has 5 nitrogen and oxygen atoms in total. The molecule has 4 heterocycles. The summed E-state index contributed by atoms with van der Waals surface area (Å²) in [4.78, 5) is 15.6. The number of rotatable bonds is 6. The molecule has 0 fully saturated rings. The zero-order valence-electron chi connectivity index (χ0n) is 31.3. The Kier molecular flexibility index (Phi) is 8.50. The second-order valence-electron chi connectivity index (χ2n) is 14.8. The van der Waals surface area contributed by atoms with E-state index >= 15 is 0 Å². The summed E-state index contributed by atoms with van der Waals surface area (Å²) in [5.41, 5.74) is 13.6. The molecule has 274 valence electrons. The van der Waals surface area contributed by atoms with Gasteiger partial charge in [0, 0.05) is 23.0 Å². The molecule has 57 heavy (non-hydrogen) atoms. The van der Waals surface area contributed by atoms with Crippen LogP contribution in [0.2, 0.25) is 0 Å². The molecule has 0 saturated carbocycles. The molecular weight excluding hydrogens is 878 g/mol. The number of hydrogen-bond acceptors (Lipinski definition) is 2. The van der Waals surface area contributed by atoms with Crippen LogP contribution in [0.1, 0.15) is 25.3 Å². The van der Waals surface area contributed by atoms with Crippen LogP contribution < -0.4 is 4.98 Å². The number of para-hydroxylation sites is 4. The molecule has 0 radical (unpaired) electrons. The number of fused-ring (bicyclic) bond motifs is 7. The SMILES string of the molecule is CC(C)c1ccnc(-n2c3[c-]c(-c4cccc5c4nc(-c4cccc6c4[n-]c4ccccc46)n5-c4ccccc4)ccc3c3cc(-c4ccccc4)ccc32)c1.[Pt+2]. The molecule has 6 heteroatoms. The van der Waals surface area contributed by atoms with Crippen molar-refractivity contribution in [2.75, 3.05) is 0 Å². The molecule has 0 aliphatic heterocycles. The quantitative estimate of drug-likeness (QED) is 0.156. The molecule has 0 amide bonds. The fourth-order valence-electron chi connectivity index (χ4n) is 8.38. The average Bonchev–Trinajstić information content (AvgIpc) is 3.93. The van der Waals surface area contributed by atoms with Gasteiger partial charge in [0.25, 0.3) is 0 Å². The van der Waals surface area contributed by atoms with E-state index in [9.17, 15) is 0 Å². The number of aromatic nitrogens is 5. The van der Waals surface area contributed by atoms with Gasteiger partial charge in [-0.1, -0.05) is 140 Å². The molecule has 7 aromatic carbocycles. The zero-order chi connectivity index (χ0) is 37.3. The molecule has 0 bridgehead atoms. The summed E-state index contributed by atoms with van der Waals surface area (Å²) in [7, 11) is 0. The molecule has 0 atom stereocenters. The number of nitrogens with zero attached hydrogens (tertiary/aromatic N) is 5. The average molecular weight is 913 g/mol. The van der Waals surface area contributed by atoms with Crippen molar-refractivity contribution in [2.24, 2.45) is 0 Å². The first-order valence-corrected chi connectivity index (χ1v) is 19.1. The van der Waals surface area contributed by atoms with Gasteiger partial charge in [0.1, 0.15) is 11.6 Å². The maximum atomic E-state index is 5.52. The van der Waals surface area contributed by atoms with Gasteiger partial charge in [0.15, 0.2) is 0 Å². The molecular formula is C51H35N5Pt. The Morgan fingerprint density at radius 1 is 0.579 bits per heavy atom. The van der Waals surface area contributed by atoms with Gasteiger partial charge in [-0.05, 0) is 80.7 Å². The second-order valence-corrected chi connectivity index (χ2v) is 14.8. The summed E-state index contributed by atoms with van der Waals surface area (Å²) in [6, 6.07) is 61.7. The smallest absolute Gasteiger partial charge is 0.656 e.